The van der Waals surface area contributed by atoms with Gasteiger partial charge in [-0.2, -0.15) is 10.5 Å². The number of fused-ring (bicyclic) bond motifs is 1. The Balaban J connectivity index is 2.24. The maximum atomic E-state index is 12.0. The lowest BCUT2D eigenvalue weighted by atomic mass is 9.96. The third-order valence-electron chi connectivity index (χ3n) is 3.75. The first-order valence-corrected chi connectivity index (χ1v) is 7.57. The Bertz CT molecular complexity index is 1170. The molecule has 0 aliphatic heterocycles. The number of nitrogens with zero attached hydrogens (tertiary/aromatic N) is 2. The van der Waals surface area contributed by atoms with Crippen LogP contribution < -0.4 is 11.3 Å². The van der Waals surface area contributed by atoms with Crippen LogP contribution in [0.4, 0.5) is 5.82 Å². The number of aromatic amines is 1. The number of benzene rings is 1. The van der Waals surface area contributed by atoms with Crippen LogP contribution in [0.25, 0.3) is 22.1 Å². The minimum atomic E-state index is -0.682. The van der Waals surface area contributed by atoms with Crippen molar-refractivity contribution in [3.8, 4) is 23.3 Å². The van der Waals surface area contributed by atoms with E-state index in [1.54, 1.807) is 31.2 Å². The van der Waals surface area contributed by atoms with Gasteiger partial charge in [-0.3, -0.25) is 4.79 Å². The zero-order valence-corrected chi connectivity index (χ0v) is 13.6. The Labute approximate surface area is 147 Å². The maximum Gasteiger partial charge on any atom is 0.374 e. The predicted octanol–water partition coefficient (Wildman–Crippen LogP) is 2.29. The highest BCUT2D eigenvalue weighted by Gasteiger charge is 2.19. The van der Waals surface area contributed by atoms with Crippen LogP contribution in [0.15, 0.2) is 33.5 Å². The van der Waals surface area contributed by atoms with Gasteiger partial charge in [0.25, 0.3) is 5.56 Å². The number of hydrogen-bond acceptors (Lipinski definition) is 7. The lowest BCUT2D eigenvalue weighted by Gasteiger charge is -2.08. The second kappa shape index (κ2) is 6.46. The fourth-order valence-corrected chi connectivity index (χ4v) is 2.63. The number of nitrogens with two attached hydrogens (primary N) is 1. The van der Waals surface area contributed by atoms with Crippen LogP contribution in [0.3, 0.4) is 0 Å². The van der Waals surface area contributed by atoms with Gasteiger partial charge in [-0.1, -0.05) is 6.07 Å². The van der Waals surface area contributed by atoms with E-state index < -0.39 is 11.5 Å². The summed E-state index contributed by atoms with van der Waals surface area (Å²) in [6, 6.07) is 9.97. The molecule has 128 valence electrons. The van der Waals surface area contributed by atoms with E-state index in [9.17, 15) is 20.1 Å². The summed E-state index contributed by atoms with van der Waals surface area (Å²) in [5.74, 6) is -0.683. The minimum Gasteiger partial charge on any atom is -0.460 e. The van der Waals surface area contributed by atoms with E-state index in [0.717, 1.165) is 0 Å². The molecule has 0 saturated carbocycles. The van der Waals surface area contributed by atoms with E-state index in [4.69, 9.17) is 14.9 Å². The molecule has 3 rings (SSSR count). The standard InChI is InChI=1S/C18H12N4O4/c1-2-25-18(24)14-6-10-5-9(3-4-13(10)26-14)15-11(7-19)16(21)22-17(23)12(15)8-20/h3-6H,2H2,1H3,(H3,21,22,23). The fourth-order valence-electron chi connectivity index (χ4n) is 2.63. The van der Waals surface area contributed by atoms with Crippen LogP contribution in [-0.4, -0.2) is 17.6 Å². The van der Waals surface area contributed by atoms with Gasteiger partial charge >= 0.3 is 5.97 Å². The smallest absolute Gasteiger partial charge is 0.374 e. The third kappa shape index (κ3) is 2.66. The van der Waals surface area contributed by atoms with Crippen molar-refractivity contribution < 1.29 is 13.9 Å². The van der Waals surface area contributed by atoms with Crippen molar-refractivity contribution in [2.75, 3.05) is 12.3 Å². The number of anilines is 1. The lowest BCUT2D eigenvalue weighted by molar-refractivity contribution is 0.0492. The Morgan fingerprint density at radius 3 is 2.65 bits per heavy atom. The van der Waals surface area contributed by atoms with Gasteiger partial charge < -0.3 is 19.9 Å². The van der Waals surface area contributed by atoms with E-state index in [2.05, 4.69) is 4.98 Å². The van der Waals surface area contributed by atoms with Gasteiger partial charge in [-0.15, -0.1) is 0 Å². The molecular formula is C18H12N4O4. The topological polar surface area (TPSA) is 146 Å². The number of carbonyl (C=O) groups is 1. The predicted molar refractivity (Wildman–Crippen MR) is 92.1 cm³/mol. The summed E-state index contributed by atoms with van der Waals surface area (Å²) in [6.45, 7) is 1.90. The van der Waals surface area contributed by atoms with Crippen LogP contribution in [0.2, 0.25) is 0 Å². The first-order valence-electron chi connectivity index (χ1n) is 7.57. The highest BCUT2D eigenvalue weighted by atomic mass is 16.5. The van der Waals surface area contributed by atoms with Crippen molar-refractivity contribution in [2.45, 2.75) is 6.92 Å². The summed E-state index contributed by atoms with van der Waals surface area (Å²) in [6.07, 6.45) is 0. The monoisotopic (exact) mass is 348 g/mol. The first kappa shape index (κ1) is 16.8. The fraction of sp³-hybridized carbons (Fsp3) is 0.111. The average molecular weight is 348 g/mol. The first-order chi connectivity index (χ1) is 12.5. The van der Waals surface area contributed by atoms with Gasteiger partial charge in [0.05, 0.1) is 6.61 Å². The molecule has 0 fully saturated rings. The number of pyridine rings is 1. The molecule has 1 aromatic carbocycles. The van der Waals surface area contributed by atoms with Gasteiger partial charge in [-0.05, 0) is 30.7 Å². The molecule has 0 radical (unpaired) electrons. The molecule has 3 N–H and O–H groups in total. The molecule has 2 heterocycles. The molecular weight excluding hydrogens is 336 g/mol. The summed E-state index contributed by atoms with van der Waals surface area (Å²) in [4.78, 5) is 26.1. The number of esters is 1. The largest absolute Gasteiger partial charge is 0.460 e. The Kier molecular flexibility index (Phi) is 4.17. The van der Waals surface area contributed by atoms with Crippen LogP contribution in [0.1, 0.15) is 28.6 Å². The number of ether oxygens (including phenoxy) is 1. The Hall–Kier alpha value is -4.04. The summed E-state index contributed by atoms with van der Waals surface area (Å²) in [5, 5.41) is 19.3. The second-order valence-electron chi connectivity index (χ2n) is 5.30. The summed E-state index contributed by atoms with van der Waals surface area (Å²) >= 11 is 0. The van der Waals surface area contributed by atoms with Crippen LogP contribution in [0, 0.1) is 22.7 Å². The molecule has 0 aliphatic rings. The maximum absolute atomic E-state index is 12.0. The van der Waals surface area contributed by atoms with E-state index in [1.165, 1.54) is 6.07 Å². The van der Waals surface area contributed by atoms with Crippen molar-refractivity contribution in [1.82, 2.24) is 4.98 Å². The summed E-state index contributed by atoms with van der Waals surface area (Å²) in [5.41, 5.74) is 5.80. The average Bonchev–Trinajstić information content (AvgIpc) is 3.04. The summed E-state index contributed by atoms with van der Waals surface area (Å²) in [7, 11) is 0. The molecule has 0 bridgehead atoms. The quantitative estimate of drug-likeness (QED) is 0.690. The number of nitrogen functional groups attached to an aromatic ring is 1. The van der Waals surface area contributed by atoms with Crippen LogP contribution >= 0.6 is 0 Å². The number of aromatic nitrogens is 1. The van der Waals surface area contributed by atoms with Crippen LogP contribution in [-0.2, 0) is 4.74 Å². The molecule has 2 aromatic heterocycles. The summed E-state index contributed by atoms with van der Waals surface area (Å²) < 4.78 is 10.3. The van der Waals surface area contributed by atoms with E-state index in [1.807, 2.05) is 6.07 Å². The van der Waals surface area contributed by atoms with Crippen molar-refractivity contribution in [1.29, 1.82) is 10.5 Å². The third-order valence-corrected chi connectivity index (χ3v) is 3.75. The number of nitriles is 2. The number of furan rings is 1. The number of rotatable bonds is 3. The van der Waals surface area contributed by atoms with Crippen LogP contribution in [0.5, 0.6) is 0 Å². The molecule has 0 spiro atoms. The van der Waals surface area contributed by atoms with Gasteiger partial charge in [0.1, 0.15) is 34.7 Å². The zero-order chi connectivity index (χ0) is 18.8. The normalized spacial score (nSPS) is 10.3. The van der Waals surface area contributed by atoms with Crippen molar-refractivity contribution in [3.63, 3.8) is 0 Å². The lowest BCUT2D eigenvalue weighted by Crippen LogP contribution is -2.16. The molecule has 3 aromatic rings. The molecule has 8 nitrogen and oxygen atoms in total. The molecule has 0 aliphatic carbocycles. The molecule has 0 saturated heterocycles. The minimum absolute atomic E-state index is 0.00499. The number of H-pyrrole nitrogens is 1. The Morgan fingerprint density at radius 1 is 1.27 bits per heavy atom. The van der Waals surface area contributed by atoms with Gasteiger partial charge in [-0.25, -0.2) is 4.79 Å². The van der Waals surface area contributed by atoms with E-state index >= 15 is 0 Å². The number of carbonyl (C=O) groups excluding carboxylic acids is 1. The van der Waals surface area contributed by atoms with Crippen molar-refractivity contribution >= 4 is 22.8 Å². The van der Waals surface area contributed by atoms with Crippen molar-refractivity contribution in [3.05, 3.63) is 51.5 Å². The molecule has 0 amide bonds. The molecule has 0 unspecified atom stereocenters. The van der Waals surface area contributed by atoms with Gasteiger partial charge in [0, 0.05) is 10.9 Å². The zero-order valence-electron chi connectivity index (χ0n) is 13.6. The molecule has 0 atom stereocenters. The van der Waals surface area contributed by atoms with E-state index in [0.29, 0.717) is 16.5 Å². The second-order valence-corrected chi connectivity index (χ2v) is 5.30. The Morgan fingerprint density at radius 2 is 2.00 bits per heavy atom. The molecule has 26 heavy (non-hydrogen) atoms. The van der Waals surface area contributed by atoms with Gasteiger partial charge in [0.15, 0.2) is 0 Å². The number of hydrogen-bond donors (Lipinski definition) is 2. The van der Waals surface area contributed by atoms with E-state index in [-0.39, 0.29) is 34.9 Å². The highest BCUT2D eigenvalue weighted by molar-refractivity contribution is 5.94. The SMILES string of the molecule is CCOC(=O)c1cc2cc(-c3c(C#N)c(N)[nH]c(=O)c3C#N)ccc2o1. The molecule has 8 heteroatoms. The van der Waals surface area contributed by atoms with Gasteiger partial charge in [0.2, 0.25) is 5.76 Å². The highest BCUT2D eigenvalue weighted by Crippen LogP contribution is 2.31. The number of nitrogens with one attached hydrogen (secondary N) is 1. The van der Waals surface area contributed by atoms with Crippen molar-refractivity contribution in [2.24, 2.45) is 0 Å².